The van der Waals surface area contributed by atoms with Gasteiger partial charge in [-0.2, -0.15) is 10.5 Å². The summed E-state index contributed by atoms with van der Waals surface area (Å²) >= 11 is 6.98. The van der Waals surface area contributed by atoms with E-state index in [2.05, 4.69) is 79.9 Å². The molecule has 1 aliphatic heterocycles. The number of ether oxygens (including phenoxy) is 3. The van der Waals surface area contributed by atoms with Gasteiger partial charge in [0.05, 0.1) is 34.9 Å². The van der Waals surface area contributed by atoms with Crippen molar-refractivity contribution < 1.29 is 19.0 Å². The van der Waals surface area contributed by atoms with E-state index in [1.54, 1.807) is 18.2 Å². The smallest absolute Gasteiger partial charge is 0.220 e. The molecule has 0 radical (unpaired) electrons. The van der Waals surface area contributed by atoms with Crippen molar-refractivity contribution in [2.24, 2.45) is 29.6 Å². The molecule has 2 saturated carbocycles. The molecule has 4 aromatic carbocycles. The molecule has 4 aromatic rings. The van der Waals surface area contributed by atoms with Gasteiger partial charge in [-0.3, -0.25) is 4.79 Å². The van der Waals surface area contributed by atoms with Gasteiger partial charge in [0.15, 0.2) is 0 Å². The zero-order valence-corrected chi connectivity index (χ0v) is 35.2. The van der Waals surface area contributed by atoms with Crippen LogP contribution in [-0.2, 0) is 24.4 Å². The summed E-state index contributed by atoms with van der Waals surface area (Å²) in [6, 6.07) is 26.1. The number of hydrogen-bond acceptors (Lipinski definition) is 7. The first-order chi connectivity index (χ1) is 28.7. The predicted molar refractivity (Wildman–Crippen MR) is 230 cm³/mol. The Morgan fingerprint density at radius 1 is 0.898 bits per heavy atom. The highest BCUT2D eigenvalue weighted by molar-refractivity contribution is 6.32. The highest BCUT2D eigenvalue weighted by Crippen LogP contribution is 2.61. The van der Waals surface area contributed by atoms with Gasteiger partial charge in [0.25, 0.3) is 0 Å². The van der Waals surface area contributed by atoms with Gasteiger partial charge < -0.3 is 24.8 Å². The number of halogens is 1. The summed E-state index contributed by atoms with van der Waals surface area (Å²) in [6.07, 6.45) is 9.35. The fraction of sp³-hybridized carbons (Fsp3) is 0.460. The first-order valence-corrected chi connectivity index (χ1v) is 22.0. The van der Waals surface area contributed by atoms with Crippen LogP contribution < -0.4 is 24.8 Å². The van der Waals surface area contributed by atoms with Crippen LogP contribution in [0.3, 0.4) is 0 Å². The molecule has 6 atom stereocenters. The number of benzene rings is 4. The standard InChI is InChI=1S/C50H55ClN4O4/c1-30(2)37-8-4-12-42-43(50(37)42)13-7-19-57-45-14-6-9-38(31(45)3)39-10-5-11-41-40(39)16-17-46(41)59-48-24-47(58-29-34-21-32(25-52)20-33(22-34)26-53)35(23-44(48)51)27-54-36-15-18-49(56)55-28-36/h5-6,9-11,14,20-24,30,36-37,42-43,46,50,54H,4,7-8,12-13,15-19,27-29H2,1-3H3,(H,55,56)/t36-,37?,42?,43?,46-,50?/m0/s1. The number of hydrogen-bond donors (Lipinski definition) is 2. The molecule has 1 amide bonds. The number of nitrogens with zero attached hydrogens (tertiary/aromatic N) is 2. The highest BCUT2D eigenvalue weighted by atomic mass is 35.5. The van der Waals surface area contributed by atoms with Gasteiger partial charge in [0, 0.05) is 37.2 Å². The molecule has 3 fully saturated rings. The largest absolute Gasteiger partial charge is 0.493 e. The van der Waals surface area contributed by atoms with Crippen LogP contribution in [0.25, 0.3) is 11.1 Å². The molecule has 8 rings (SSSR count). The lowest BCUT2D eigenvalue weighted by atomic mass is 9.81. The number of amides is 1. The van der Waals surface area contributed by atoms with Crippen molar-refractivity contribution in [2.45, 2.75) is 104 Å². The molecule has 306 valence electrons. The minimum absolute atomic E-state index is 0.0668. The third-order valence-electron chi connectivity index (χ3n) is 13.4. The Kier molecular flexibility index (Phi) is 12.5. The highest BCUT2D eigenvalue weighted by Gasteiger charge is 2.54. The molecule has 0 bridgehead atoms. The van der Waals surface area contributed by atoms with Crippen molar-refractivity contribution in [3.05, 3.63) is 111 Å². The first kappa shape index (κ1) is 40.7. The van der Waals surface area contributed by atoms with E-state index in [-0.39, 0.29) is 24.7 Å². The quantitative estimate of drug-likeness (QED) is 0.115. The topological polar surface area (TPSA) is 116 Å². The zero-order chi connectivity index (χ0) is 41.0. The Bertz CT molecular complexity index is 2230. The van der Waals surface area contributed by atoms with Crippen molar-refractivity contribution >= 4 is 17.5 Å². The second-order valence-corrected chi connectivity index (χ2v) is 17.8. The molecule has 0 spiro atoms. The van der Waals surface area contributed by atoms with E-state index in [1.807, 2.05) is 12.1 Å². The van der Waals surface area contributed by atoms with Gasteiger partial charge in [0.1, 0.15) is 30.0 Å². The second-order valence-electron chi connectivity index (χ2n) is 17.4. The molecule has 59 heavy (non-hydrogen) atoms. The summed E-state index contributed by atoms with van der Waals surface area (Å²) < 4.78 is 19.7. The SMILES string of the molecule is Cc1c(OCCCC2C3CCCC(C(C)C)C23)cccc1-c1cccc2c1CC[C@@H]2Oc1cc(OCc2cc(C#N)cc(C#N)c2)c(CN[C@H]2CCC(=O)NC2)cc1Cl. The lowest BCUT2D eigenvalue weighted by Crippen LogP contribution is -2.45. The average Bonchev–Trinajstić information content (AvgIpc) is 3.81. The van der Waals surface area contributed by atoms with E-state index in [9.17, 15) is 15.3 Å². The van der Waals surface area contributed by atoms with Gasteiger partial charge in [0.2, 0.25) is 5.91 Å². The molecule has 1 heterocycles. The monoisotopic (exact) mass is 810 g/mol. The van der Waals surface area contributed by atoms with Crippen LogP contribution in [0.5, 0.6) is 17.2 Å². The lowest BCUT2D eigenvalue weighted by molar-refractivity contribution is -0.122. The Morgan fingerprint density at radius 3 is 2.46 bits per heavy atom. The summed E-state index contributed by atoms with van der Waals surface area (Å²) in [5, 5.41) is 26.0. The second kappa shape index (κ2) is 18.1. The van der Waals surface area contributed by atoms with Crippen molar-refractivity contribution in [3.63, 3.8) is 0 Å². The Balaban J connectivity index is 0.967. The summed E-state index contributed by atoms with van der Waals surface area (Å²) in [5.74, 6) is 6.67. The molecule has 2 N–H and O–H groups in total. The van der Waals surface area contributed by atoms with E-state index in [0.29, 0.717) is 52.7 Å². The fourth-order valence-electron chi connectivity index (χ4n) is 10.4. The average molecular weight is 811 g/mol. The normalized spacial score (nSPS) is 23.1. The molecule has 0 aromatic heterocycles. The number of rotatable bonds is 15. The third-order valence-corrected chi connectivity index (χ3v) is 13.7. The van der Waals surface area contributed by atoms with Gasteiger partial charge in [-0.1, -0.05) is 62.2 Å². The molecular weight excluding hydrogens is 756 g/mol. The molecule has 9 heteroatoms. The van der Waals surface area contributed by atoms with Crippen LogP contribution in [0.15, 0.2) is 66.7 Å². The Hall–Kier alpha value is -5.02. The summed E-state index contributed by atoms with van der Waals surface area (Å²) in [5.41, 5.74) is 8.36. The molecule has 4 unspecified atom stereocenters. The van der Waals surface area contributed by atoms with Crippen molar-refractivity contribution in [1.82, 2.24) is 10.6 Å². The van der Waals surface area contributed by atoms with Gasteiger partial charge >= 0.3 is 0 Å². The molecule has 8 nitrogen and oxygen atoms in total. The number of nitrogens with one attached hydrogen (secondary N) is 2. The van der Waals surface area contributed by atoms with E-state index < -0.39 is 0 Å². The maximum absolute atomic E-state index is 11.7. The van der Waals surface area contributed by atoms with Crippen molar-refractivity contribution in [3.8, 4) is 40.5 Å². The number of fused-ring (bicyclic) bond motifs is 2. The third kappa shape index (κ3) is 9.10. The van der Waals surface area contributed by atoms with E-state index in [4.69, 9.17) is 25.8 Å². The van der Waals surface area contributed by atoms with E-state index in [1.165, 1.54) is 42.4 Å². The zero-order valence-electron chi connectivity index (χ0n) is 34.5. The number of carbonyl (C=O) groups excluding carboxylic acids is 1. The van der Waals surface area contributed by atoms with Crippen molar-refractivity contribution in [1.29, 1.82) is 10.5 Å². The van der Waals surface area contributed by atoms with Crippen LogP contribution in [0, 0.1) is 59.2 Å². The van der Waals surface area contributed by atoms with Crippen molar-refractivity contribution in [2.75, 3.05) is 13.2 Å². The van der Waals surface area contributed by atoms with Gasteiger partial charge in [-0.05, 0) is 145 Å². The van der Waals surface area contributed by atoms with Crippen LogP contribution in [-0.4, -0.2) is 25.1 Å². The number of carbonyl (C=O) groups is 1. The maximum atomic E-state index is 11.7. The van der Waals surface area contributed by atoms with Crippen LogP contribution >= 0.6 is 11.6 Å². The van der Waals surface area contributed by atoms with E-state index >= 15 is 0 Å². The molecule has 4 aliphatic rings. The van der Waals surface area contributed by atoms with Gasteiger partial charge in [-0.25, -0.2) is 0 Å². The lowest BCUT2D eigenvalue weighted by Gasteiger charge is -2.24. The number of nitriles is 2. The molecular formula is C50H55ClN4O4. The molecule has 3 aliphatic carbocycles. The first-order valence-electron chi connectivity index (χ1n) is 21.6. The van der Waals surface area contributed by atoms with Crippen LogP contribution in [0.4, 0.5) is 0 Å². The minimum atomic E-state index is -0.197. The molecule has 1 saturated heterocycles. The van der Waals surface area contributed by atoms with E-state index in [0.717, 1.165) is 84.3 Å². The minimum Gasteiger partial charge on any atom is -0.493 e. The van der Waals surface area contributed by atoms with Crippen LogP contribution in [0.1, 0.15) is 110 Å². The fourth-order valence-corrected chi connectivity index (χ4v) is 10.6. The maximum Gasteiger partial charge on any atom is 0.220 e. The Labute approximate surface area is 354 Å². The predicted octanol–water partition coefficient (Wildman–Crippen LogP) is 10.5. The number of piperidine rings is 1. The summed E-state index contributed by atoms with van der Waals surface area (Å²) in [4.78, 5) is 11.7. The summed E-state index contributed by atoms with van der Waals surface area (Å²) in [7, 11) is 0. The van der Waals surface area contributed by atoms with Crippen LogP contribution in [0.2, 0.25) is 5.02 Å². The van der Waals surface area contributed by atoms with Gasteiger partial charge in [-0.15, -0.1) is 0 Å². The summed E-state index contributed by atoms with van der Waals surface area (Å²) in [6.45, 7) is 8.93. The Morgan fingerprint density at radius 2 is 1.69 bits per heavy atom.